The van der Waals surface area contributed by atoms with Crippen molar-refractivity contribution in [1.82, 2.24) is 19.7 Å². The molecular formula is C28H37ClN4O4. The number of nitrogens with zero attached hydrogens (tertiary/aromatic N) is 4. The highest BCUT2D eigenvalue weighted by atomic mass is 35.5. The number of rotatable bonds is 9. The fraction of sp³-hybridized carbons (Fsp3) is 0.536. The zero-order valence-electron chi connectivity index (χ0n) is 21.8. The van der Waals surface area contributed by atoms with Crippen LogP contribution < -0.4 is 4.74 Å². The van der Waals surface area contributed by atoms with Crippen LogP contribution in [0.1, 0.15) is 30.4 Å². The minimum atomic E-state index is -0.910. The summed E-state index contributed by atoms with van der Waals surface area (Å²) in [4.78, 5) is 36.5. The number of aromatic nitrogens is 1. The van der Waals surface area contributed by atoms with E-state index in [0.717, 1.165) is 31.5 Å². The van der Waals surface area contributed by atoms with Crippen molar-refractivity contribution < 1.29 is 19.1 Å². The summed E-state index contributed by atoms with van der Waals surface area (Å²) in [5.74, 6) is 0.782. The smallest absolute Gasteiger partial charge is 0.225 e. The average Bonchev–Trinajstić information content (AvgIpc) is 2.90. The van der Waals surface area contributed by atoms with Crippen molar-refractivity contribution >= 4 is 23.4 Å². The summed E-state index contributed by atoms with van der Waals surface area (Å²) in [7, 11) is 2.06. The van der Waals surface area contributed by atoms with Crippen molar-refractivity contribution in [2.75, 3.05) is 59.5 Å². The molecule has 0 saturated carbocycles. The molecule has 2 aliphatic rings. The van der Waals surface area contributed by atoms with Gasteiger partial charge in [-0.15, -0.1) is 0 Å². The van der Waals surface area contributed by atoms with Crippen LogP contribution in [0, 0.1) is 6.92 Å². The van der Waals surface area contributed by atoms with Crippen molar-refractivity contribution in [3.05, 3.63) is 58.9 Å². The molecule has 8 nitrogen and oxygen atoms in total. The van der Waals surface area contributed by atoms with E-state index in [9.17, 15) is 9.59 Å². The summed E-state index contributed by atoms with van der Waals surface area (Å²) in [6.45, 7) is 6.39. The topological polar surface area (TPSA) is 75.2 Å². The largest absolute Gasteiger partial charge is 0.490 e. The lowest BCUT2D eigenvalue weighted by Crippen LogP contribution is -2.59. The van der Waals surface area contributed by atoms with E-state index in [2.05, 4.69) is 16.9 Å². The molecule has 4 rings (SSSR count). The molecule has 2 amide bonds. The van der Waals surface area contributed by atoms with E-state index in [-0.39, 0.29) is 24.8 Å². The van der Waals surface area contributed by atoms with Crippen LogP contribution in [0.25, 0.3) is 0 Å². The van der Waals surface area contributed by atoms with E-state index in [0.29, 0.717) is 50.0 Å². The maximum atomic E-state index is 13.3. The molecule has 200 valence electrons. The maximum absolute atomic E-state index is 13.3. The number of carbonyl (C=O) groups is 2. The highest BCUT2D eigenvalue weighted by molar-refractivity contribution is 6.31. The molecule has 37 heavy (non-hydrogen) atoms. The van der Waals surface area contributed by atoms with Crippen molar-refractivity contribution in [2.24, 2.45) is 0 Å². The molecule has 2 saturated heterocycles. The van der Waals surface area contributed by atoms with Gasteiger partial charge in [-0.3, -0.25) is 14.6 Å². The number of amides is 2. The van der Waals surface area contributed by atoms with Crippen molar-refractivity contribution in [2.45, 2.75) is 38.2 Å². The Labute approximate surface area is 224 Å². The Balaban J connectivity index is 1.42. The molecule has 0 N–H and O–H groups in total. The number of hydrogen-bond donors (Lipinski definition) is 0. The quantitative estimate of drug-likeness (QED) is 0.497. The second-order valence-electron chi connectivity index (χ2n) is 10.1. The minimum absolute atomic E-state index is 0.0379. The monoisotopic (exact) mass is 528 g/mol. The zero-order valence-corrected chi connectivity index (χ0v) is 22.6. The SMILES string of the molecule is Cc1cc(OC[C@@]2(CC(=O)N3CCN(C)CC3)CN(C(=O)CCCc3ccncc3)CCO2)ccc1Cl. The minimum Gasteiger partial charge on any atom is -0.490 e. The van der Waals surface area contributed by atoms with E-state index in [4.69, 9.17) is 21.1 Å². The van der Waals surface area contributed by atoms with Gasteiger partial charge < -0.3 is 24.2 Å². The highest BCUT2D eigenvalue weighted by Crippen LogP contribution is 2.28. The molecule has 0 unspecified atom stereocenters. The third kappa shape index (κ3) is 7.66. The standard InChI is InChI=1S/C28H37ClN4O4/c1-22-18-24(6-7-25(22)29)36-21-28(19-27(35)32-14-12-31(2)13-15-32)20-33(16-17-37-28)26(34)5-3-4-23-8-10-30-11-9-23/h6-11,18H,3-5,12-17,19-21H2,1-2H3/t28-/m1/s1. The number of hydrogen-bond acceptors (Lipinski definition) is 6. The van der Waals surface area contributed by atoms with Gasteiger partial charge in [0.1, 0.15) is 18.0 Å². The van der Waals surface area contributed by atoms with Gasteiger partial charge in [-0.05, 0) is 68.3 Å². The van der Waals surface area contributed by atoms with Crippen molar-refractivity contribution in [3.63, 3.8) is 0 Å². The number of carbonyl (C=O) groups excluding carboxylic acids is 2. The molecule has 0 bridgehead atoms. The van der Waals surface area contributed by atoms with Crippen LogP contribution in [0.2, 0.25) is 5.02 Å². The summed E-state index contributed by atoms with van der Waals surface area (Å²) >= 11 is 6.18. The summed E-state index contributed by atoms with van der Waals surface area (Å²) in [6, 6.07) is 9.45. The molecular weight excluding hydrogens is 492 g/mol. The molecule has 2 aliphatic heterocycles. The van der Waals surface area contributed by atoms with Gasteiger partial charge in [0.25, 0.3) is 0 Å². The van der Waals surface area contributed by atoms with Crippen LogP contribution in [0.4, 0.5) is 0 Å². The summed E-state index contributed by atoms with van der Waals surface area (Å²) in [5.41, 5.74) is 1.17. The Bertz CT molecular complexity index is 1060. The fourth-order valence-corrected chi connectivity index (χ4v) is 4.94. The first-order chi connectivity index (χ1) is 17.8. The maximum Gasteiger partial charge on any atom is 0.225 e. The molecule has 0 spiro atoms. The number of halogens is 1. The van der Waals surface area contributed by atoms with Crippen LogP contribution in [0.3, 0.4) is 0 Å². The Morgan fingerprint density at radius 3 is 2.54 bits per heavy atom. The first-order valence-electron chi connectivity index (χ1n) is 13.0. The highest BCUT2D eigenvalue weighted by Gasteiger charge is 2.42. The molecule has 1 atom stereocenters. The van der Waals surface area contributed by atoms with E-state index in [1.165, 1.54) is 5.56 Å². The summed E-state index contributed by atoms with van der Waals surface area (Å²) in [6.07, 6.45) is 5.74. The number of likely N-dealkylation sites (N-methyl/N-ethyl adjacent to an activating group) is 1. The summed E-state index contributed by atoms with van der Waals surface area (Å²) < 4.78 is 12.4. The molecule has 2 fully saturated rings. The Morgan fingerprint density at radius 2 is 1.81 bits per heavy atom. The summed E-state index contributed by atoms with van der Waals surface area (Å²) in [5, 5.41) is 0.671. The third-order valence-electron chi connectivity index (χ3n) is 7.17. The second kappa shape index (κ2) is 12.7. The normalized spacial score (nSPS) is 20.6. The van der Waals surface area contributed by atoms with Crippen LogP contribution in [0.5, 0.6) is 5.75 Å². The molecule has 9 heteroatoms. The van der Waals surface area contributed by atoms with Gasteiger partial charge in [0.2, 0.25) is 11.8 Å². The van der Waals surface area contributed by atoms with E-state index in [1.54, 1.807) is 18.5 Å². The van der Waals surface area contributed by atoms with Gasteiger partial charge in [-0.2, -0.15) is 0 Å². The van der Waals surface area contributed by atoms with Crippen molar-refractivity contribution in [3.8, 4) is 5.75 Å². The van der Waals surface area contributed by atoms with Crippen LogP contribution >= 0.6 is 11.6 Å². The molecule has 1 aromatic carbocycles. The molecule has 1 aromatic heterocycles. The Hall–Kier alpha value is -2.68. The molecule has 0 radical (unpaired) electrons. The fourth-order valence-electron chi connectivity index (χ4n) is 4.82. The Morgan fingerprint density at radius 1 is 1.05 bits per heavy atom. The second-order valence-corrected chi connectivity index (χ2v) is 10.5. The molecule has 3 heterocycles. The lowest BCUT2D eigenvalue weighted by molar-refractivity contribution is -0.166. The third-order valence-corrected chi connectivity index (χ3v) is 7.59. The van der Waals surface area contributed by atoms with Crippen LogP contribution in [-0.4, -0.2) is 96.6 Å². The first-order valence-corrected chi connectivity index (χ1v) is 13.4. The average molecular weight is 529 g/mol. The van der Waals surface area contributed by atoms with Gasteiger partial charge in [0.05, 0.1) is 19.6 Å². The van der Waals surface area contributed by atoms with Crippen molar-refractivity contribution in [1.29, 1.82) is 0 Å². The molecule has 0 aliphatic carbocycles. The van der Waals surface area contributed by atoms with E-state index in [1.807, 2.05) is 41.0 Å². The van der Waals surface area contributed by atoms with E-state index >= 15 is 0 Å². The van der Waals surface area contributed by atoms with Gasteiger partial charge in [-0.25, -0.2) is 0 Å². The first kappa shape index (κ1) is 27.4. The number of ether oxygens (including phenoxy) is 2. The van der Waals surface area contributed by atoms with Gasteiger partial charge in [0.15, 0.2) is 0 Å². The van der Waals surface area contributed by atoms with Crippen LogP contribution in [0.15, 0.2) is 42.7 Å². The number of aryl methyl sites for hydroxylation is 2. The zero-order chi connectivity index (χ0) is 26.3. The van der Waals surface area contributed by atoms with E-state index < -0.39 is 5.60 Å². The number of pyridine rings is 1. The lowest BCUT2D eigenvalue weighted by Gasteiger charge is -2.43. The van der Waals surface area contributed by atoms with Gasteiger partial charge in [0, 0.05) is 56.6 Å². The lowest BCUT2D eigenvalue weighted by atomic mass is 9.96. The van der Waals surface area contributed by atoms with Gasteiger partial charge in [-0.1, -0.05) is 11.6 Å². The number of piperazine rings is 1. The number of morpholine rings is 1. The number of benzene rings is 1. The predicted molar refractivity (Wildman–Crippen MR) is 143 cm³/mol. The predicted octanol–water partition coefficient (Wildman–Crippen LogP) is 3.21. The van der Waals surface area contributed by atoms with Crippen LogP contribution in [-0.2, 0) is 20.7 Å². The Kier molecular flexibility index (Phi) is 9.40. The molecule has 2 aromatic rings. The van der Waals surface area contributed by atoms with Gasteiger partial charge >= 0.3 is 0 Å².